The molecule has 1 aromatic heterocycles. The van der Waals surface area contributed by atoms with E-state index in [4.69, 9.17) is 0 Å². The van der Waals surface area contributed by atoms with Crippen molar-refractivity contribution in [1.29, 1.82) is 0 Å². The lowest BCUT2D eigenvalue weighted by Crippen LogP contribution is -2.15. The van der Waals surface area contributed by atoms with Gasteiger partial charge in [-0.2, -0.15) is 0 Å². The average molecular weight is 419 g/mol. The Labute approximate surface area is 181 Å². The smallest absolute Gasteiger partial charge is 0.234 e. The summed E-state index contributed by atoms with van der Waals surface area (Å²) in [7, 11) is 0. The first-order chi connectivity index (χ1) is 14.6. The molecular formula is C24H26N4OS. The van der Waals surface area contributed by atoms with E-state index >= 15 is 0 Å². The number of hydrogen-bond acceptors (Lipinski definition) is 4. The number of thioether (sulfide) groups is 1. The molecule has 4 rings (SSSR count). The van der Waals surface area contributed by atoms with E-state index in [0.717, 1.165) is 28.7 Å². The molecule has 0 aliphatic heterocycles. The maximum Gasteiger partial charge on any atom is 0.234 e. The molecule has 3 aromatic rings. The third-order valence-corrected chi connectivity index (χ3v) is 6.36. The number of carbonyl (C=O) groups is 1. The van der Waals surface area contributed by atoms with E-state index in [1.165, 1.54) is 22.9 Å². The second kappa shape index (κ2) is 8.88. The van der Waals surface area contributed by atoms with E-state index in [0.29, 0.717) is 18.4 Å². The van der Waals surface area contributed by atoms with E-state index in [9.17, 15) is 4.79 Å². The largest absolute Gasteiger partial charge is 0.325 e. The SMILES string of the molecule is C=CCn1c(SCC(=O)Nc2ccc(C)cc2C)nnc1C1CC1c1ccccc1. The third-order valence-electron chi connectivity index (χ3n) is 5.40. The first kappa shape index (κ1) is 20.4. The van der Waals surface area contributed by atoms with Crippen LogP contribution in [0, 0.1) is 13.8 Å². The van der Waals surface area contributed by atoms with Gasteiger partial charge in [0.05, 0.1) is 5.75 Å². The fraction of sp³-hybridized carbons (Fsp3) is 0.292. The highest BCUT2D eigenvalue weighted by molar-refractivity contribution is 7.99. The number of aryl methyl sites for hydroxylation is 2. The van der Waals surface area contributed by atoms with E-state index in [1.54, 1.807) is 0 Å². The first-order valence-corrected chi connectivity index (χ1v) is 11.1. The number of aromatic nitrogens is 3. The van der Waals surface area contributed by atoms with Crippen LogP contribution >= 0.6 is 11.8 Å². The zero-order valence-corrected chi connectivity index (χ0v) is 18.2. The molecule has 0 saturated heterocycles. The minimum atomic E-state index is -0.0461. The summed E-state index contributed by atoms with van der Waals surface area (Å²) in [6.07, 6.45) is 2.93. The number of hydrogen-bond donors (Lipinski definition) is 1. The number of amides is 1. The van der Waals surface area contributed by atoms with Gasteiger partial charge >= 0.3 is 0 Å². The topological polar surface area (TPSA) is 59.8 Å². The highest BCUT2D eigenvalue weighted by Crippen LogP contribution is 2.54. The summed E-state index contributed by atoms with van der Waals surface area (Å²) in [4.78, 5) is 12.5. The monoisotopic (exact) mass is 418 g/mol. The minimum absolute atomic E-state index is 0.0461. The number of benzene rings is 2. The molecule has 1 saturated carbocycles. The van der Waals surface area contributed by atoms with Crippen molar-refractivity contribution in [2.45, 2.75) is 43.8 Å². The van der Waals surface area contributed by atoms with Crippen molar-refractivity contribution in [2.24, 2.45) is 0 Å². The molecule has 0 bridgehead atoms. The van der Waals surface area contributed by atoms with Crippen LogP contribution in [-0.2, 0) is 11.3 Å². The van der Waals surface area contributed by atoms with E-state index in [-0.39, 0.29) is 11.7 Å². The summed E-state index contributed by atoms with van der Waals surface area (Å²) < 4.78 is 2.09. The fourth-order valence-corrected chi connectivity index (χ4v) is 4.56. The van der Waals surface area contributed by atoms with Crippen LogP contribution in [-0.4, -0.2) is 26.4 Å². The van der Waals surface area contributed by atoms with Gasteiger partial charge in [0.15, 0.2) is 5.16 Å². The quantitative estimate of drug-likeness (QED) is 0.409. The van der Waals surface area contributed by atoms with Crippen molar-refractivity contribution in [3.8, 4) is 0 Å². The number of nitrogens with zero attached hydrogens (tertiary/aromatic N) is 3. The van der Waals surface area contributed by atoms with Crippen molar-refractivity contribution in [1.82, 2.24) is 14.8 Å². The van der Waals surface area contributed by atoms with Crippen LogP contribution in [0.15, 0.2) is 66.3 Å². The zero-order chi connectivity index (χ0) is 21.1. The van der Waals surface area contributed by atoms with Crippen molar-refractivity contribution >= 4 is 23.4 Å². The van der Waals surface area contributed by atoms with Gasteiger partial charge in [0.25, 0.3) is 0 Å². The lowest BCUT2D eigenvalue weighted by atomic mass is 10.1. The molecule has 1 fully saturated rings. The second-order valence-corrected chi connectivity index (χ2v) is 8.70. The summed E-state index contributed by atoms with van der Waals surface area (Å²) in [5.41, 5.74) is 4.44. The molecule has 6 heteroatoms. The number of rotatable bonds is 8. The van der Waals surface area contributed by atoms with Crippen LogP contribution < -0.4 is 5.32 Å². The van der Waals surface area contributed by atoms with Crippen LogP contribution in [0.2, 0.25) is 0 Å². The van der Waals surface area contributed by atoms with E-state index in [2.05, 4.69) is 57.0 Å². The summed E-state index contributed by atoms with van der Waals surface area (Å²) in [6, 6.07) is 16.6. The highest BCUT2D eigenvalue weighted by atomic mass is 32.2. The molecular weight excluding hydrogens is 392 g/mol. The number of anilines is 1. The molecule has 154 valence electrons. The van der Waals surface area contributed by atoms with Gasteiger partial charge in [0.1, 0.15) is 5.82 Å². The van der Waals surface area contributed by atoms with Crippen LogP contribution in [0.1, 0.15) is 40.8 Å². The molecule has 1 aliphatic carbocycles. The number of carbonyl (C=O) groups excluding carboxylic acids is 1. The summed E-state index contributed by atoms with van der Waals surface area (Å²) >= 11 is 1.42. The van der Waals surface area contributed by atoms with Crippen molar-refractivity contribution in [3.05, 3.63) is 83.7 Å². The van der Waals surface area contributed by atoms with Gasteiger partial charge in [-0.1, -0.05) is 65.9 Å². The Morgan fingerprint density at radius 3 is 2.73 bits per heavy atom. The summed E-state index contributed by atoms with van der Waals surface area (Å²) in [6.45, 7) is 8.56. The molecule has 30 heavy (non-hydrogen) atoms. The van der Waals surface area contributed by atoms with Gasteiger partial charge in [-0.25, -0.2) is 0 Å². The second-order valence-electron chi connectivity index (χ2n) is 7.75. The molecule has 1 N–H and O–H groups in total. The lowest BCUT2D eigenvalue weighted by molar-refractivity contribution is -0.113. The molecule has 1 heterocycles. The van der Waals surface area contributed by atoms with Crippen LogP contribution in [0.5, 0.6) is 0 Å². The predicted molar refractivity (Wildman–Crippen MR) is 122 cm³/mol. The molecule has 0 spiro atoms. The standard InChI is InChI=1S/C24H26N4OS/c1-4-12-28-23(20-14-19(20)18-8-6-5-7-9-18)26-27-24(28)30-15-22(29)25-21-11-10-16(2)13-17(21)3/h4-11,13,19-20H,1,12,14-15H2,2-3H3,(H,25,29). The fourth-order valence-electron chi connectivity index (χ4n) is 3.80. The minimum Gasteiger partial charge on any atom is -0.325 e. The number of allylic oxidation sites excluding steroid dienone is 1. The van der Waals surface area contributed by atoms with Gasteiger partial charge < -0.3 is 9.88 Å². The van der Waals surface area contributed by atoms with Crippen LogP contribution in [0.4, 0.5) is 5.69 Å². The Morgan fingerprint density at radius 2 is 2.00 bits per heavy atom. The predicted octanol–water partition coefficient (Wildman–Crippen LogP) is 5.08. The molecule has 2 unspecified atom stereocenters. The molecule has 1 amide bonds. The maximum absolute atomic E-state index is 12.5. The third kappa shape index (κ3) is 4.49. The molecule has 5 nitrogen and oxygen atoms in total. The average Bonchev–Trinajstić information content (AvgIpc) is 3.44. The van der Waals surface area contributed by atoms with Crippen molar-refractivity contribution in [2.75, 3.05) is 11.1 Å². The normalized spacial score (nSPS) is 17.5. The molecule has 2 aromatic carbocycles. The Bertz CT molecular complexity index is 1060. The summed E-state index contributed by atoms with van der Waals surface area (Å²) in [5.74, 6) is 2.09. The maximum atomic E-state index is 12.5. The first-order valence-electron chi connectivity index (χ1n) is 10.2. The molecule has 1 aliphatic rings. The molecule has 0 radical (unpaired) electrons. The lowest BCUT2D eigenvalue weighted by Gasteiger charge is -2.10. The Balaban J connectivity index is 1.42. The van der Waals surface area contributed by atoms with Gasteiger partial charge in [-0.05, 0) is 43.4 Å². The van der Waals surface area contributed by atoms with Crippen LogP contribution in [0.3, 0.4) is 0 Å². The van der Waals surface area contributed by atoms with Crippen molar-refractivity contribution < 1.29 is 4.79 Å². The zero-order valence-electron chi connectivity index (χ0n) is 17.3. The van der Waals surface area contributed by atoms with E-state index < -0.39 is 0 Å². The Hall–Kier alpha value is -2.86. The Morgan fingerprint density at radius 1 is 1.20 bits per heavy atom. The Kier molecular flexibility index (Phi) is 6.04. The number of nitrogens with one attached hydrogen (secondary N) is 1. The highest BCUT2D eigenvalue weighted by Gasteiger charge is 2.43. The van der Waals surface area contributed by atoms with Gasteiger partial charge in [-0.3, -0.25) is 4.79 Å². The molecule has 2 atom stereocenters. The van der Waals surface area contributed by atoms with E-state index in [1.807, 2.05) is 38.1 Å². The van der Waals surface area contributed by atoms with Gasteiger partial charge in [0.2, 0.25) is 5.91 Å². The van der Waals surface area contributed by atoms with Crippen LogP contribution in [0.25, 0.3) is 0 Å². The van der Waals surface area contributed by atoms with Gasteiger partial charge in [0, 0.05) is 18.2 Å². The summed E-state index contributed by atoms with van der Waals surface area (Å²) in [5, 5.41) is 12.6. The van der Waals surface area contributed by atoms with Crippen molar-refractivity contribution in [3.63, 3.8) is 0 Å². The van der Waals surface area contributed by atoms with Gasteiger partial charge in [-0.15, -0.1) is 16.8 Å².